The Kier molecular flexibility index (Phi) is 3.25. The van der Waals surface area contributed by atoms with E-state index in [-0.39, 0.29) is 9.79 Å². The summed E-state index contributed by atoms with van der Waals surface area (Å²) in [5.41, 5.74) is -0.387. The first kappa shape index (κ1) is 14.6. The van der Waals surface area contributed by atoms with Gasteiger partial charge in [0.1, 0.15) is 0 Å². The van der Waals surface area contributed by atoms with Crippen molar-refractivity contribution in [2.45, 2.75) is 16.0 Å². The molecule has 1 heterocycles. The van der Waals surface area contributed by atoms with Crippen LogP contribution >= 0.6 is 0 Å². The van der Waals surface area contributed by atoms with E-state index in [9.17, 15) is 21.6 Å². The van der Waals surface area contributed by atoms with E-state index in [2.05, 4.69) is 4.98 Å². The number of rotatable bonds is 2. The Bertz CT molecular complexity index is 943. The standard InChI is InChI=1S/C15H10F3NO2S/c16-15(17,18)11-2-1-3-12(8-11)22(20,21)13-5-4-10-6-7-19-14(10)9-13/h1-9,19H. The second-order valence-corrected chi connectivity index (χ2v) is 6.71. The van der Waals surface area contributed by atoms with E-state index in [1.54, 1.807) is 18.3 Å². The first-order chi connectivity index (χ1) is 10.3. The zero-order valence-corrected chi connectivity index (χ0v) is 11.9. The third-order valence-electron chi connectivity index (χ3n) is 3.31. The maximum atomic E-state index is 12.7. The molecule has 1 aromatic heterocycles. The van der Waals surface area contributed by atoms with E-state index < -0.39 is 21.6 Å². The van der Waals surface area contributed by atoms with Crippen molar-refractivity contribution in [2.24, 2.45) is 0 Å². The molecule has 22 heavy (non-hydrogen) atoms. The minimum atomic E-state index is -4.59. The quantitative estimate of drug-likeness (QED) is 0.773. The zero-order valence-electron chi connectivity index (χ0n) is 11.1. The summed E-state index contributed by atoms with van der Waals surface area (Å²) in [5.74, 6) is 0. The molecule has 3 rings (SSSR count). The van der Waals surface area contributed by atoms with E-state index >= 15 is 0 Å². The Morgan fingerprint density at radius 2 is 1.64 bits per heavy atom. The largest absolute Gasteiger partial charge is 0.416 e. The van der Waals surface area contributed by atoms with E-state index in [0.29, 0.717) is 11.6 Å². The number of aromatic nitrogens is 1. The molecule has 0 aliphatic carbocycles. The Morgan fingerprint density at radius 3 is 2.36 bits per heavy atom. The molecule has 0 saturated carbocycles. The molecule has 3 aromatic rings. The van der Waals surface area contributed by atoms with Crippen LogP contribution in [-0.4, -0.2) is 13.4 Å². The molecular formula is C15H10F3NO2S. The van der Waals surface area contributed by atoms with Gasteiger partial charge in [0.05, 0.1) is 15.4 Å². The summed E-state index contributed by atoms with van der Waals surface area (Å²) in [7, 11) is -4.01. The molecule has 0 bridgehead atoms. The van der Waals surface area contributed by atoms with Crippen LogP contribution in [0, 0.1) is 0 Å². The minimum Gasteiger partial charge on any atom is -0.361 e. The molecular weight excluding hydrogens is 315 g/mol. The SMILES string of the molecule is O=S(=O)(c1cccc(C(F)(F)F)c1)c1ccc2cc[nH]c2c1. The number of alkyl halides is 3. The van der Waals surface area contributed by atoms with Gasteiger partial charge in [0.2, 0.25) is 9.84 Å². The van der Waals surface area contributed by atoms with E-state index in [1.807, 2.05) is 0 Å². The van der Waals surface area contributed by atoms with Crippen LogP contribution in [-0.2, 0) is 16.0 Å². The van der Waals surface area contributed by atoms with Gasteiger partial charge in [-0.05, 0) is 41.8 Å². The molecule has 7 heteroatoms. The Morgan fingerprint density at radius 1 is 0.909 bits per heavy atom. The Labute approximate surface area is 124 Å². The lowest BCUT2D eigenvalue weighted by Crippen LogP contribution is -2.08. The first-order valence-electron chi connectivity index (χ1n) is 6.28. The summed E-state index contributed by atoms with van der Waals surface area (Å²) >= 11 is 0. The predicted molar refractivity (Wildman–Crippen MR) is 75.2 cm³/mol. The smallest absolute Gasteiger partial charge is 0.361 e. The summed E-state index contributed by atoms with van der Waals surface area (Å²) in [4.78, 5) is 2.44. The van der Waals surface area contributed by atoms with Gasteiger partial charge in [-0.25, -0.2) is 8.42 Å². The summed E-state index contributed by atoms with van der Waals surface area (Å²) in [6, 6.07) is 9.90. The van der Waals surface area contributed by atoms with Crippen molar-refractivity contribution in [3.8, 4) is 0 Å². The van der Waals surface area contributed by atoms with Crippen LogP contribution in [0.1, 0.15) is 5.56 Å². The van der Waals surface area contributed by atoms with Crippen molar-refractivity contribution in [1.82, 2.24) is 4.98 Å². The van der Waals surface area contributed by atoms with Gasteiger partial charge in [0.25, 0.3) is 0 Å². The summed E-state index contributed by atoms with van der Waals surface area (Å²) in [5, 5.41) is 0.822. The maximum Gasteiger partial charge on any atom is 0.416 e. The van der Waals surface area contributed by atoms with Gasteiger partial charge in [0.15, 0.2) is 0 Å². The predicted octanol–water partition coefficient (Wildman–Crippen LogP) is 4.02. The van der Waals surface area contributed by atoms with Gasteiger partial charge in [-0.1, -0.05) is 12.1 Å². The van der Waals surface area contributed by atoms with Crippen LogP contribution in [0.4, 0.5) is 13.2 Å². The van der Waals surface area contributed by atoms with Crippen LogP contribution in [0.3, 0.4) is 0 Å². The number of halogens is 3. The molecule has 1 N–H and O–H groups in total. The van der Waals surface area contributed by atoms with Crippen molar-refractivity contribution in [2.75, 3.05) is 0 Å². The van der Waals surface area contributed by atoms with Gasteiger partial charge in [-0.3, -0.25) is 0 Å². The number of fused-ring (bicyclic) bond motifs is 1. The first-order valence-corrected chi connectivity index (χ1v) is 7.76. The normalized spacial score (nSPS) is 12.7. The van der Waals surface area contributed by atoms with E-state index in [0.717, 1.165) is 23.6 Å². The number of sulfone groups is 1. The molecule has 0 aliphatic heterocycles. The second-order valence-electron chi connectivity index (χ2n) is 4.76. The summed E-state index contributed by atoms with van der Waals surface area (Å²) in [6.07, 6.45) is -2.93. The van der Waals surface area contributed by atoms with Crippen LogP contribution in [0.15, 0.2) is 64.5 Å². The number of nitrogens with one attached hydrogen (secondary N) is 1. The number of H-pyrrole nitrogens is 1. The molecule has 0 fully saturated rings. The maximum absolute atomic E-state index is 12.7. The average Bonchev–Trinajstić information content (AvgIpc) is 2.94. The Hall–Kier alpha value is -2.28. The van der Waals surface area contributed by atoms with Gasteiger partial charge in [-0.2, -0.15) is 13.2 Å². The lowest BCUT2D eigenvalue weighted by molar-refractivity contribution is -0.137. The van der Waals surface area contributed by atoms with Crippen molar-refractivity contribution < 1.29 is 21.6 Å². The third-order valence-corrected chi connectivity index (χ3v) is 5.06. The molecule has 0 spiro atoms. The molecule has 0 aliphatic rings. The van der Waals surface area contributed by atoms with Gasteiger partial charge in [-0.15, -0.1) is 0 Å². The van der Waals surface area contributed by atoms with Crippen molar-refractivity contribution in [3.05, 3.63) is 60.3 Å². The molecule has 0 saturated heterocycles. The lowest BCUT2D eigenvalue weighted by Gasteiger charge is -2.09. The van der Waals surface area contributed by atoms with Crippen LogP contribution in [0.5, 0.6) is 0 Å². The molecule has 0 radical (unpaired) electrons. The highest BCUT2D eigenvalue weighted by Crippen LogP contribution is 2.32. The van der Waals surface area contributed by atoms with Crippen LogP contribution in [0.25, 0.3) is 10.9 Å². The molecule has 0 amide bonds. The number of benzene rings is 2. The molecule has 114 valence electrons. The van der Waals surface area contributed by atoms with Gasteiger partial charge < -0.3 is 4.98 Å². The Balaban J connectivity index is 2.13. The lowest BCUT2D eigenvalue weighted by atomic mass is 10.2. The molecule has 2 aromatic carbocycles. The molecule has 0 atom stereocenters. The van der Waals surface area contributed by atoms with Crippen LogP contribution < -0.4 is 0 Å². The highest BCUT2D eigenvalue weighted by atomic mass is 32.2. The number of hydrogen-bond donors (Lipinski definition) is 1. The van der Waals surface area contributed by atoms with Crippen molar-refractivity contribution in [1.29, 1.82) is 0 Å². The highest BCUT2D eigenvalue weighted by Gasteiger charge is 2.32. The van der Waals surface area contributed by atoms with E-state index in [4.69, 9.17) is 0 Å². The van der Waals surface area contributed by atoms with Crippen LogP contribution in [0.2, 0.25) is 0 Å². The zero-order chi connectivity index (χ0) is 16.0. The van der Waals surface area contributed by atoms with Gasteiger partial charge >= 0.3 is 6.18 Å². The van der Waals surface area contributed by atoms with Gasteiger partial charge in [0, 0.05) is 11.7 Å². The number of aromatic amines is 1. The summed E-state index contributed by atoms with van der Waals surface area (Å²) in [6.45, 7) is 0. The average molecular weight is 325 g/mol. The fourth-order valence-corrected chi connectivity index (χ4v) is 3.50. The highest BCUT2D eigenvalue weighted by molar-refractivity contribution is 7.91. The fourth-order valence-electron chi connectivity index (χ4n) is 2.17. The topological polar surface area (TPSA) is 49.9 Å². The molecule has 0 unspecified atom stereocenters. The van der Waals surface area contributed by atoms with Crippen molar-refractivity contribution in [3.63, 3.8) is 0 Å². The minimum absolute atomic E-state index is 0.0539. The second kappa shape index (κ2) is 4.88. The summed E-state index contributed by atoms with van der Waals surface area (Å²) < 4.78 is 63.2. The van der Waals surface area contributed by atoms with E-state index in [1.165, 1.54) is 12.1 Å². The number of hydrogen-bond acceptors (Lipinski definition) is 2. The fraction of sp³-hybridized carbons (Fsp3) is 0.0667. The monoisotopic (exact) mass is 325 g/mol. The van der Waals surface area contributed by atoms with Crippen molar-refractivity contribution >= 4 is 20.7 Å². The third kappa shape index (κ3) is 2.48. The molecule has 3 nitrogen and oxygen atoms in total.